The minimum Gasteiger partial charge on any atom is -0.491 e. The van der Waals surface area contributed by atoms with Gasteiger partial charge >= 0.3 is 6.18 Å². The summed E-state index contributed by atoms with van der Waals surface area (Å²) in [5.74, 6) is -0.794. The van der Waals surface area contributed by atoms with Gasteiger partial charge in [0.1, 0.15) is 0 Å². The Hall–Kier alpha value is -1.79. The molecule has 21 heavy (non-hydrogen) atoms. The van der Waals surface area contributed by atoms with Crippen LogP contribution in [-0.4, -0.2) is 37.2 Å². The van der Waals surface area contributed by atoms with E-state index in [0.29, 0.717) is 6.42 Å². The molecule has 0 aromatic heterocycles. The summed E-state index contributed by atoms with van der Waals surface area (Å²) in [6.07, 6.45) is -4.93. The lowest BCUT2D eigenvalue weighted by Crippen LogP contribution is -2.30. The highest BCUT2D eigenvalue weighted by molar-refractivity contribution is 5.75. The van der Waals surface area contributed by atoms with Crippen LogP contribution in [0.4, 0.5) is 17.6 Å². The molecule has 1 aromatic carbocycles. The zero-order chi connectivity index (χ0) is 15.9. The summed E-state index contributed by atoms with van der Waals surface area (Å²) in [6, 6.07) is 5.87. The average molecular weight is 307 g/mol. The Bertz CT molecular complexity index is 463. The van der Waals surface area contributed by atoms with E-state index in [-0.39, 0.29) is 25.3 Å². The summed E-state index contributed by atoms with van der Waals surface area (Å²) in [6.45, 7) is -0.240. The molecule has 0 fully saturated rings. The van der Waals surface area contributed by atoms with Crippen molar-refractivity contribution in [1.29, 1.82) is 0 Å². The number of para-hydroxylation sites is 1. The van der Waals surface area contributed by atoms with Gasteiger partial charge in [-0.3, -0.25) is 4.79 Å². The largest absolute Gasteiger partial charge is 0.491 e. The summed E-state index contributed by atoms with van der Waals surface area (Å²) in [4.78, 5) is 12.6. The molecule has 0 aliphatic heterocycles. The van der Waals surface area contributed by atoms with Crippen LogP contribution in [0.2, 0.25) is 0 Å². The molecule has 0 saturated heterocycles. The third-order valence-electron chi connectivity index (χ3n) is 2.79. The Labute approximate surface area is 120 Å². The maximum atomic E-state index is 13.2. The lowest BCUT2D eigenvalue weighted by Gasteiger charge is -2.18. The van der Waals surface area contributed by atoms with Gasteiger partial charge in [0, 0.05) is 20.0 Å². The van der Waals surface area contributed by atoms with Gasteiger partial charge in [0.2, 0.25) is 5.91 Å². The van der Waals surface area contributed by atoms with Crippen molar-refractivity contribution in [1.82, 2.24) is 4.90 Å². The number of hydrogen-bond acceptors (Lipinski definition) is 2. The van der Waals surface area contributed by atoms with Gasteiger partial charge in [-0.05, 0) is 18.6 Å². The van der Waals surface area contributed by atoms with Crippen LogP contribution in [-0.2, 0) is 4.79 Å². The van der Waals surface area contributed by atoms with E-state index in [1.165, 1.54) is 25.2 Å². The number of hydrogen-bond donors (Lipinski definition) is 0. The highest BCUT2D eigenvalue weighted by atomic mass is 19.4. The van der Waals surface area contributed by atoms with E-state index in [4.69, 9.17) is 4.74 Å². The first-order valence-electron chi connectivity index (χ1n) is 6.47. The van der Waals surface area contributed by atoms with Crippen LogP contribution in [0.3, 0.4) is 0 Å². The molecule has 3 nitrogen and oxygen atoms in total. The molecule has 118 valence electrons. The van der Waals surface area contributed by atoms with Crippen molar-refractivity contribution in [3.63, 3.8) is 0 Å². The van der Waals surface area contributed by atoms with Crippen molar-refractivity contribution < 1.29 is 27.1 Å². The van der Waals surface area contributed by atoms with Crippen molar-refractivity contribution in [3.05, 3.63) is 30.1 Å². The molecule has 0 unspecified atom stereocenters. The maximum absolute atomic E-state index is 13.2. The Kier molecular flexibility index (Phi) is 6.45. The molecule has 0 N–H and O–H groups in total. The molecule has 0 heterocycles. The molecule has 1 rings (SSSR count). The fraction of sp³-hybridized carbons (Fsp3) is 0.500. The fourth-order valence-electron chi connectivity index (χ4n) is 1.58. The highest BCUT2D eigenvalue weighted by Crippen LogP contribution is 2.19. The van der Waals surface area contributed by atoms with Gasteiger partial charge in [0.25, 0.3) is 0 Å². The van der Waals surface area contributed by atoms with Crippen LogP contribution < -0.4 is 4.74 Å². The molecule has 1 aromatic rings. The van der Waals surface area contributed by atoms with Gasteiger partial charge in [-0.15, -0.1) is 0 Å². The molecule has 0 spiro atoms. The normalized spacial score (nSPS) is 11.3. The van der Waals surface area contributed by atoms with Gasteiger partial charge < -0.3 is 9.64 Å². The van der Waals surface area contributed by atoms with Gasteiger partial charge in [-0.2, -0.15) is 13.2 Å². The molecule has 1 amide bonds. The molecule has 0 aliphatic rings. The molecular formula is C14H17F4NO2. The zero-order valence-electron chi connectivity index (χ0n) is 11.6. The standard InChI is InChI=1S/C14H17F4NO2/c1-19(9-8-14(16,17)18)13(20)7-4-10-21-12-6-3-2-5-11(12)15/h2-3,5-6H,4,7-10H2,1H3. The Morgan fingerprint density at radius 2 is 1.95 bits per heavy atom. The van der Waals surface area contributed by atoms with Crippen molar-refractivity contribution >= 4 is 5.91 Å². The number of ether oxygens (including phenoxy) is 1. The van der Waals surface area contributed by atoms with Crippen molar-refractivity contribution in [3.8, 4) is 5.75 Å². The van der Waals surface area contributed by atoms with E-state index in [2.05, 4.69) is 0 Å². The lowest BCUT2D eigenvalue weighted by atomic mass is 10.2. The van der Waals surface area contributed by atoms with E-state index in [1.54, 1.807) is 6.07 Å². The van der Waals surface area contributed by atoms with Crippen LogP contribution in [0.25, 0.3) is 0 Å². The van der Waals surface area contributed by atoms with E-state index in [0.717, 1.165) is 4.90 Å². The first kappa shape index (κ1) is 17.3. The minimum absolute atomic E-state index is 0.0583. The molecule has 7 heteroatoms. The lowest BCUT2D eigenvalue weighted by molar-refractivity contribution is -0.144. The van der Waals surface area contributed by atoms with Crippen LogP contribution in [0.15, 0.2) is 24.3 Å². The molecule has 0 atom stereocenters. The third kappa shape index (κ3) is 6.97. The summed E-state index contributed by atoms with van der Waals surface area (Å²) in [5.41, 5.74) is 0. The van der Waals surface area contributed by atoms with Gasteiger partial charge in [0.05, 0.1) is 13.0 Å². The first-order chi connectivity index (χ1) is 9.79. The number of rotatable bonds is 7. The van der Waals surface area contributed by atoms with E-state index >= 15 is 0 Å². The van der Waals surface area contributed by atoms with Crippen molar-refractivity contribution in [2.45, 2.75) is 25.4 Å². The second kappa shape index (κ2) is 7.85. The monoisotopic (exact) mass is 307 g/mol. The van der Waals surface area contributed by atoms with Crippen LogP contribution >= 0.6 is 0 Å². The molecule has 0 radical (unpaired) electrons. The van der Waals surface area contributed by atoms with Crippen LogP contribution in [0.1, 0.15) is 19.3 Å². The second-order valence-corrected chi connectivity index (χ2v) is 4.56. The van der Waals surface area contributed by atoms with Crippen molar-refractivity contribution in [2.24, 2.45) is 0 Å². The summed E-state index contributed by atoms with van der Waals surface area (Å²) in [5, 5.41) is 0. The summed E-state index contributed by atoms with van der Waals surface area (Å²) >= 11 is 0. The minimum atomic E-state index is -4.28. The maximum Gasteiger partial charge on any atom is 0.390 e. The van der Waals surface area contributed by atoms with Gasteiger partial charge in [-0.25, -0.2) is 4.39 Å². The van der Waals surface area contributed by atoms with E-state index < -0.39 is 24.3 Å². The molecule has 0 bridgehead atoms. The molecule has 0 saturated carbocycles. The van der Waals surface area contributed by atoms with Crippen LogP contribution in [0.5, 0.6) is 5.75 Å². The Balaban J connectivity index is 2.23. The summed E-state index contributed by atoms with van der Waals surface area (Å²) < 4.78 is 54.4. The van der Waals surface area contributed by atoms with Crippen molar-refractivity contribution in [2.75, 3.05) is 20.2 Å². The predicted molar refractivity (Wildman–Crippen MR) is 69.4 cm³/mol. The average Bonchev–Trinajstić information content (AvgIpc) is 2.41. The summed E-state index contributed by atoms with van der Waals surface area (Å²) in [7, 11) is 1.33. The Morgan fingerprint density at radius 1 is 1.29 bits per heavy atom. The number of carbonyl (C=O) groups is 1. The number of amides is 1. The fourth-order valence-corrected chi connectivity index (χ4v) is 1.58. The quantitative estimate of drug-likeness (QED) is 0.571. The molecule has 0 aliphatic carbocycles. The molecular weight excluding hydrogens is 290 g/mol. The first-order valence-corrected chi connectivity index (χ1v) is 6.47. The van der Waals surface area contributed by atoms with Crippen LogP contribution in [0, 0.1) is 5.82 Å². The zero-order valence-corrected chi connectivity index (χ0v) is 11.6. The number of halogens is 4. The SMILES string of the molecule is CN(CCC(F)(F)F)C(=O)CCCOc1ccccc1F. The third-order valence-corrected chi connectivity index (χ3v) is 2.79. The number of carbonyl (C=O) groups excluding carboxylic acids is 1. The topological polar surface area (TPSA) is 29.5 Å². The Morgan fingerprint density at radius 3 is 2.57 bits per heavy atom. The number of alkyl halides is 3. The van der Waals surface area contributed by atoms with E-state index in [1.807, 2.05) is 0 Å². The number of nitrogens with zero attached hydrogens (tertiary/aromatic N) is 1. The smallest absolute Gasteiger partial charge is 0.390 e. The van der Waals surface area contributed by atoms with Gasteiger partial charge in [0.15, 0.2) is 11.6 Å². The van der Waals surface area contributed by atoms with Gasteiger partial charge in [-0.1, -0.05) is 12.1 Å². The van der Waals surface area contributed by atoms with E-state index in [9.17, 15) is 22.4 Å². The number of benzene rings is 1. The highest BCUT2D eigenvalue weighted by Gasteiger charge is 2.27. The second-order valence-electron chi connectivity index (χ2n) is 4.56. The predicted octanol–water partition coefficient (Wildman–Crippen LogP) is 3.40.